The van der Waals surface area contributed by atoms with Crippen molar-refractivity contribution in [2.45, 2.75) is 45.6 Å². The number of aliphatic hydroxyl groups is 1. The first kappa shape index (κ1) is 11.1. The van der Waals surface area contributed by atoms with Gasteiger partial charge in [0.15, 0.2) is 0 Å². The Morgan fingerprint density at radius 1 is 1.57 bits per heavy atom. The molecule has 1 atom stereocenters. The Balaban J connectivity index is 2.58. The summed E-state index contributed by atoms with van der Waals surface area (Å²) in [7, 11) is 0. The summed E-state index contributed by atoms with van der Waals surface area (Å²) in [5.41, 5.74) is 2.12. The van der Waals surface area contributed by atoms with E-state index in [4.69, 9.17) is 0 Å². The molecule has 1 unspecified atom stereocenters. The van der Waals surface area contributed by atoms with Crippen molar-refractivity contribution in [3.63, 3.8) is 0 Å². The summed E-state index contributed by atoms with van der Waals surface area (Å²) in [5, 5.41) is 9.58. The molecule has 14 heavy (non-hydrogen) atoms. The fraction of sp³-hybridized carbons (Fsp3) is 0.538. The Labute approximate surface area is 86.5 Å². The summed E-state index contributed by atoms with van der Waals surface area (Å²) >= 11 is 0. The van der Waals surface area contributed by atoms with Crippen molar-refractivity contribution in [2.75, 3.05) is 0 Å². The van der Waals surface area contributed by atoms with E-state index < -0.39 is 6.10 Å². The smallest absolute Gasteiger partial charge is 0.136 e. The molecular weight excluding hydrogens is 172 g/mol. The predicted octanol–water partition coefficient (Wildman–Crippen LogP) is 2.82. The first-order chi connectivity index (χ1) is 6.74. The molecule has 0 radical (unpaired) electrons. The van der Waals surface area contributed by atoms with E-state index in [1.165, 1.54) is 18.4 Å². The van der Waals surface area contributed by atoms with Gasteiger partial charge in [-0.3, -0.25) is 0 Å². The van der Waals surface area contributed by atoms with Crippen LogP contribution in [0.25, 0.3) is 0 Å². The molecule has 0 spiro atoms. The van der Waals surface area contributed by atoms with Crippen molar-refractivity contribution in [2.24, 2.45) is 0 Å². The van der Waals surface area contributed by atoms with Gasteiger partial charge >= 0.3 is 0 Å². The van der Waals surface area contributed by atoms with E-state index in [-0.39, 0.29) is 0 Å². The van der Waals surface area contributed by atoms with Crippen LogP contribution in [-0.4, -0.2) is 11.2 Å². The van der Waals surface area contributed by atoms with Crippen molar-refractivity contribution in [1.29, 1.82) is 0 Å². The summed E-state index contributed by atoms with van der Waals surface area (Å²) in [6, 6.07) is 0. The van der Waals surface area contributed by atoms with Crippen molar-refractivity contribution in [3.05, 3.63) is 23.3 Å². The Kier molecular flexibility index (Phi) is 4.49. The highest BCUT2D eigenvalue weighted by atomic mass is 16.3. The number of rotatable bonds is 1. The second kappa shape index (κ2) is 5.67. The van der Waals surface area contributed by atoms with E-state index in [0.29, 0.717) is 0 Å². The van der Waals surface area contributed by atoms with Gasteiger partial charge in [0.05, 0.1) is 0 Å². The van der Waals surface area contributed by atoms with Gasteiger partial charge in [-0.05, 0) is 50.7 Å². The van der Waals surface area contributed by atoms with Gasteiger partial charge < -0.3 is 5.11 Å². The highest BCUT2D eigenvalue weighted by Crippen LogP contribution is 2.16. The molecule has 1 nitrogen and oxygen atoms in total. The van der Waals surface area contributed by atoms with Gasteiger partial charge in [0, 0.05) is 0 Å². The molecule has 0 saturated carbocycles. The quantitative estimate of drug-likeness (QED) is 0.498. The third-order valence-corrected chi connectivity index (χ3v) is 2.55. The molecule has 1 rings (SSSR count). The minimum atomic E-state index is -0.595. The summed E-state index contributed by atoms with van der Waals surface area (Å²) in [6.45, 7) is 3.81. The maximum Gasteiger partial charge on any atom is 0.136 e. The molecule has 0 heterocycles. The fourth-order valence-electron chi connectivity index (χ4n) is 1.38. The van der Waals surface area contributed by atoms with Crippen molar-refractivity contribution in [1.82, 2.24) is 0 Å². The van der Waals surface area contributed by atoms with Crippen LogP contribution >= 0.6 is 0 Å². The predicted molar refractivity (Wildman–Crippen MR) is 59.8 cm³/mol. The summed E-state index contributed by atoms with van der Waals surface area (Å²) in [6.07, 6.45) is 8.23. The first-order valence-electron chi connectivity index (χ1n) is 5.25. The second-order valence-corrected chi connectivity index (χ2v) is 3.68. The van der Waals surface area contributed by atoms with E-state index in [2.05, 4.69) is 17.9 Å². The van der Waals surface area contributed by atoms with E-state index in [0.717, 1.165) is 18.4 Å². The monoisotopic (exact) mass is 190 g/mol. The third kappa shape index (κ3) is 3.40. The van der Waals surface area contributed by atoms with E-state index in [1.54, 1.807) is 0 Å². The number of hydrogen-bond acceptors (Lipinski definition) is 1. The van der Waals surface area contributed by atoms with Gasteiger partial charge in [-0.1, -0.05) is 24.0 Å². The van der Waals surface area contributed by atoms with E-state index in [1.807, 2.05) is 19.9 Å². The van der Waals surface area contributed by atoms with Crippen LogP contribution in [0, 0.1) is 11.8 Å². The van der Waals surface area contributed by atoms with E-state index in [9.17, 15) is 5.11 Å². The minimum Gasteiger partial charge on any atom is -0.376 e. The van der Waals surface area contributed by atoms with Crippen LogP contribution in [-0.2, 0) is 0 Å². The topological polar surface area (TPSA) is 20.2 Å². The molecule has 1 heteroatoms. The Hall–Kier alpha value is -1.00. The zero-order chi connectivity index (χ0) is 10.4. The Morgan fingerprint density at radius 2 is 2.36 bits per heavy atom. The highest BCUT2D eigenvalue weighted by Gasteiger charge is 2.02. The molecule has 0 aliphatic heterocycles. The lowest BCUT2D eigenvalue weighted by Crippen LogP contribution is -2.04. The highest BCUT2D eigenvalue weighted by molar-refractivity contribution is 5.33. The lowest BCUT2D eigenvalue weighted by Gasteiger charge is -2.06. The molecular formula is C13H18O. The molecule has 0 amide bonds. The molecule has 0 fully saturated rings. The van der Waals surface area contributed by atoms with Crippen LogP contribution in [0.2, 0.25) is 0 Å². The summed E-state index contributed by atoms with van der Waals surface area (Å²) < 4.78 is 0. The molecule has 76 valence electrons. The SMILES string of the molecule is C/C=C(/C)C(O)C#CC1=CCCCC1. The lowest BCUT2D eigenvalue weighted by atomic mass is 10.00. The maximum atomic E-state index is 9.58. The van der Waals surface area contributed by atoms with E-state index >= 15 is 0 Å². The van der Waals surface area contributed by atoms with Gasteiger partial charge in [0.1, 0.15) is 6.10 Å². The van der Waals surface area contributed by atoms with Crippen molar-refractivity contribution >= 4 is 0 Å². The Bertz CT molecular complexity index is 299. The fourth-order valence-corrected chi connectivity index (χ4v) is 1.38. The first-order valence-corrected chi connectivity index (χ1v) is 5.25. The number of allylic oxidation sites excluding steroid dienone is 3. The van der Waals surface area contributed by atoms with Crippen molar-refractivity contribution < 1.29 is 5.11 Å². The van der Waals surface area contributed by atoms with Crippen LogP contribution in [0.5, 0.6) is 0 Å². The minimum absolute atomic E-state index is 0.595. The molecule has 1 N–H and O–H groups in total. The molecule has 0 aromatic carbocycles. The molecule has 0 aromatic heterocycles. The average Bonchev–Trinajstić information content (AvgIpc) is 2.26. The molecule has 0 aromatic rings. The Morgan fingerprint density at radius 3 is 2.93 bits per heavy atom. The third-order valence-electron chi connectivity index (χ3n) is 2.55. The normalized spacial score (nSPS) is 19.4. The van der Waals surface area contributed by atoms with Gasteiger partial charge in [0.2, 0.25) is 0 Å². The molecule has 1 aliphatic rings. The largest absolute Gasteiger partial charge is 0.376 e. The summed E-state index contributed by atoms with van der Waals surface area (Å²) in [4.78, 5) is 0. The summed E-state index contributed by atoms with van der Waals surface area (Å²) in [5.74, 6) is 5.93. The standard InChI is InChI=1S/C13H18O/c1-3-11(2)13(14)10-9-12-7-5-4-6-8-12/h3,7,13-14H,4-6,8H2,1-2H3/b11-3-. The van der Waals surface area contributed by atoms with Gasteiger partial charge in [-0.15, -0.1) is 0 Å². The maximum absolute atomic E-state index is 9.58. The van der Waals surface area contributed by atoms with Crippen LogP contribution in [0.15, 0.2) is 23.3 Å². The second-order valence-electron chi connectivity index (χ2n) is 3.68. The molecule has 0 saturated heterocycles. The van der Waals surface area contributed by atoms with Gasteiger partial charge in [0.25, 0.3) is 0 Å². The zero-order valence-electron chi connectivity index (χ0n) is 9.01. The molecule has 1 aliphatic carbocycles. The zero-order valence-corrected chi connectivity index (χ0v) is 9.01. The molecule has 0 bridgehead atoms. The van der Waals surface area contributed by atoms with Crippen LogP contribution in [0.4, 0.5) is 0 Å². The average molecular weight is 190 g/mol. The van der Waals surface area contributed by atoms with Crippen LogP contribution in [0.3, 0.4) is 0 Å². The van der Waals surface area contributed by atoms with Gasteiger partial charge in [-0.2, -0.15) is 0 Å². The number of aliphatic hydroxyl groups excluding tert-OH is 1. The van der Waals surface area contributed by atoms with Crippen LogP contribution in [0.1, 0.15) is 39.5 Å². The van der Waals surface area contributed by atoms with Crippen molar-refractivity contribution in [3.8, 4) is 11.8 Å². The van der Waals surface area contributed by atoms with Gasteiger partial charge in [-0.25, -0.2) is 0 Å². The van der Waals surface area contributed by atoms with Crippen LogP contribution < -0.4 is 0 Å². The number of hydrogen-bond donors (Lipinski definition) is 1. The lowest BCUT2D eigenvalue weighted by molar-refractivity contribution is 0.268.